The number of rotatable bonds is 5. The molecule has 3 N–H and O–H groups in total. The molecule has 0 aromatic carbocycles. The first-order valence-corrected chi connectivity index (χ1v) is 6.70. The van der Waals surface area contributed by atoms with Gasteiger partial charge in [0.05, 0.1) is 13.2 Å². The van der Waals surface area contributed by atoms with Gasteiger partial charge in [0.1, 0.15) is 0 Å². The summed E-state index contributed by atoms with van der Waals surface area (Å²) in [6.07, 6.45) is 0. The first-order chi connectivity index (χ1) is 8.34. The summed E-state index contributed by atoms with van der Waals surface area (Å²) in [5, 5.41) is 3.00. The topological polar surface area (TPSA) is 67.6 Å². The van der Waals surface area contributed by atoms with Crippen molar-refractivity contribution in [1.29, 1.82) is 0 Å². The number of nitrogens with zero attached hydrogens (tertiary/aromatic N) is 1. The molecule has 18 heavy (non-hydrogen) atoms. The van der Waals surface area contributed by atoms with Gasteiger partial charge in [-0.25, -0.2) is 0 Å². The van der Waals surface area contributed by atoms with E-state index in [2.05, 4.69) is 24.1 Å². The zero-order valence-corrected chi connectivity index (χ0v) is 12.0. The summed E-state index contributed by atoms with van der Waals surface area (Å²) in [6.45, 7) is 12.0. The zero-order valence-electron chi connectivity index (χ0n) is 12.0. The van der Waals surface area contributed by atoms with E-state index in [0.29, 0.717) is 6.54 Å². The highest BCUT2D eigenvalue weighted by molar-refractivity contribution is 5.79. The van der Waals surface area contributed by atoms with Gasteiger partial charge in [0.15, 0.2) is 0 Å². The van der Waals surface area contributed by atoms with Crippen LogP contribution in [0.3, 0.4) is 0 Å². The fraction of sp³-hybridized carbons (Fsp3) is 0.923. The lowest BCUT2D eigenvalue weighted by molar-refractivity contribution is -0.125. The van der Waals surface area contributed by atoms with Crippen LogP contribution < -0.4 is 11.1 Å². The van der Waals surface area contributed by atoms with Crippen LogP contribution in [0.2, 0.25) is 0 Å². The predicted molar refractivity (Wildman–Crippen MR) is 72.3 cm³/mol. The first kappa shape index (κ1) is 15.4. The van der Waals surface area contributed by atoms with Crippen molar-refractivity contribution in [2.75, 3.05) is 32.8 Å². The lowest BCUT2D eigenvalue weighted by atomic mass is 10.00. The molecule has 2 atom stereocenters. The number of hydrogen-bond donors (Lipinski definition) is 2. The molecule has 0 radical (unpaired) electrons. The van der Waals surface area contributed by atoms with Crippen LogP contribution in [0.4, 0.5) is 0 Å². The van der Waals surface area contributed by atoms with Gasteiger partial charge >= 0.3 is 0 Å². The number of ether oxygens (including phenoxy) is 1. The first-order valence-electron chi connectivity index (χ1n) is 6.70. The van der Waals surface area contributed by atoms with Gasteiger partial charge in [0.25, 0.3) is 0 Å². The molecule has 0 saturated carbocycles. The van der Waals surface area contributed by atoms with Crippen LogP contribution >= 0.6 is 0 Å². The van der Waals surface area contributed by atoms with Crippen LogP contribution in [0.25, 0.3) is 0 Å². The van der Waals surface area contributed by atoms with Crippen molar-refractivity contribution >= 4 is 5.91 Å². The number of morpholine rings is 1. The third kappa shape index (κ3) is 4.23. The summed E-state index contributed by atoms with van der Waals surface area (Å²) in [6, 6.07) is -0.114. The molecule has 1 aliphatic heterocycles. The van der Waals surface area contributed by atoms with Crippen LogP contribution in [-0.2, 0) is 9.53 Å². The number of amides is 1. The third-order valence-corrected chi connectivity index (χ3v) is 3.76. The number of nitrogens with one attached hydrogen (secondary N) is 1. The molecule has 5 nitrogen and oxygen atoms in total. The summed E-state index contributed by atoms with van der Waals surface area (Å²) < 4.78 is 5.34. The summed E-state index contributed by atoms with van der Waals surface area (Å²) >= 11 is 0. The van der Waals surface area contributed by atoms with Gasteiger partial charge in [-0.15, -0.1) is 0 Å². The van der Waals surface area contributed by atoms with Gasteiger partial charge < -0.3 is 15.8 Å². The van der Waals surface area contributed by atoms with E-state index >= 15 is 0 Å². The molecule has 1 fully saturated rings. The molecule has 0 aliphatic carbocycles. The number of carbonyl (C=O) groups is 1. The quantitative estimate of drug-likeness (QED) is 0.738. The van der Waals surface area contributed by atoms with Gasteiger partial charge in [-0.1, -0.05) is 6.92 Å². The van der Waals surface area contributed by atoms with E-state index in [0.717, 1.165) is 26.3 Å². The molecule has 0 bridgehead atoms. The van der Waals surface area contributed by atoms with Gasteiger partial charge in [-0.05, 0) is 20.8 Å². The highest BCUT2D eigenvalue weighted by Gasteiger charge is 2.29. The minimum Gasteiger partial charge on any atom is -0.379 e. The van der Waals surface area contributed by atoms with Crippen LogP contribution in [-0.4, -0.2) is 55.2 Å². The Morgan fingerprint density at radius 2 is 1.94 bits per heavy atom. The minimum atomic E-state index is -0.148. The maximum atomic E-state index is 11.9. The second kappa shape index (κ2) is 6.50. The average Bonchev–Trinajstić information content (AvgIpc) is 2.36. The lowest BCUT2D eigenvalue weighted by Gasteiger charge is -2.41. The molecule has 1 aliphatic rings. The Kier molecular flexibility index (Phi) is 5.56. The Labute approximate surface area is 110 Å². The number of hydrogen-bond acceptors (Lipinski definition) is 4. The number of carbonyl (C=O) groups excluding carboxylic acids is 1. The summed E-state index contributed by atoms with van der Waals surface area (Å²) in [5.41, 5.74) is 5.69. The molecule has 1 heterocycles. The monoisotopic (exact) mass is 257 g/mol. The molecule has 2 unspecified atom stereocenters. The van der Waals surface area contributed by atoms with Crippen LogP contribution in [0.15, 0.2) is 0 Å². The lowest BCUT2D eigenvalue weighted by Crippen LogP contribution is -2.56. The van der Waals surface area contributed by atoms with Crippen molar-refractivity contribution in [3.63, 3.8) is 0 Å². The highest BCUT2D eigenvalue weighted by Crippen LogP contribution is 2.15. The third-order valence-electron chi connectivity index (χ3n) is 3.76. The fourth-order valence-corrected chi connectivity index (χ4v) is 1.98. The van der Waals surface area contributed by atoms with E-state index in [1.807, 2.05) is 13.8 Å². The SMILES string of the molecule is CC(N)C(C)C(=O)NCC(C)(C)N1CCOCC1. The highest BCUT2D eigenvalue weighted by atomic mass is 16.5. The summed E-state index contributed by atoms with van der Waals surface area (Å²) in [5.74, 6) is -0.114. The van der Waals surface area contributed by atoms with Crippen molar-refractivity contribution in [1.82, 2.24) is 10.2 Å². The predicted octanol–water partition coefficient (Wildman–Crippen LogP) is 0.197. The molecule has 0 aromatic rings. The van der Waals surface area contributed by atoms with E-state index < -0.39 is 0 Å². The van der Waals surface area contributed by atoms with Crippen molar-refractivity contribution in [2.24, 2.45) is 11.7 Å². The van der Waals surface area contributed by atoms with Gasteiger partial charge in [0.2, 0.25) is 5.91 Å². The average molecular weight is 257 g/mol. The van der Waals surface area contributed by atoms with Crippen LogP contribution in [0, 0.1) is 5.92 Å². The van der Waals surface area contributed by atoms with Crippen molar-refractivity contribution in [2.45, 2.75) is 39.3 Å². The molecule has 1 rings (SSSR count). The normalized spacial score (nSPS) is 21.4. The molecular formula is C13H27N3O2. The fourth-order valence-electron chi connectivity index (χ4n) is 1.98. The van der Waals surface area contributed by atoms with E-state index in [1.54, 1.807) is 0 Å². The Morgan fingerprint density at radius 1 is 1.39 bits per heavy atom. The second-order valence-electron chi connectivity index (χ2n) is 5.78. The van der Waals surface area contributed by atoms with Crippen molar-refractivity contribution in [3.8, 4) is 0 Å². The van der Waals surface area contributed by atoms with Crippen molar-refractivity contribution in [3.05, 3.63) is 0 Å². The molecule has 1 amide bonds. The smallest absolute Gasteiger partial charge is 0.224 e. The Hall–Kier alpha value is -0.650. The Balaban J connectivity index is 2.43. The summed E-state index contributed by atoms with van der Waals surface area (Å²) in [7, 11) is 0. The molecular weight excluding hydrogens is 230 g/mol. The second-order valence-corrected chi connectivity index (χ2v) is 5.78. The van der Waals surface area contributed by atoms with E-state index in [4.69, 9.17) is 10.5 Å². The Bertz CT molecular complexity index is 273. The number of nitrogens with two attached hydrogens (primary N) is 1. The van der Waals surface area contributed by atoms with Gasteiger partial charge in [-0.3, -0.25) is 9.69 Å². The van der Waals surface area contributed by atoms with Gasteiger partial charge in [-0.2, -0.15) is 0 Å². The van der Waals surface area contributed by atoms with Gasteiger partial charge in [0, 0.05) is 37.1 Å². The van der Waals surface area contributed by atoms with E-state index in [1.165, 1.54) is 0 Å². The molecule has 0 aromatic heterocycles. The zero-order chi connectivity index (χ0) is 13.8. The molecule has 0 spiro atoms. The molecule has 1 saturated heterocycles. The van der Waals surface area contributed by atoms with Crippen LogP contribution in [0.1, 0.15) is 27.7 Å². The van der Waals surface area contributed by atoms with Crippen molar-refractivity contribution < 1.29 is 9.53 Å². The van der Waals surface area contributed by atoms with E-state index in [9.17, 15) is 4.79 Å². The maximum absolute atomic E-state index is 11.9. The molecule has 106 valence electrons. The van der Waals surface area contributed by atoms with Crippen LogP contribution in [0.5, 0.6) is 0 Å². The largest absolute Gasteiger partial charge is 0.379 e. The summed E-state index contributed by atoms with van der Waals surface area (Å²) in [4.78, 5) is 14.2. The Morgan fingerprint density at radius 3 is 2.44 bits per heavy atom. The minimum absolute atomic E-state index is 0.0336. The molecule has 5 heteroatoms. The van der Waals surface area contributed by atoms with E-state index in [-0.39, 0.29) is 23.4 Å². The standard InChI is InChI=1S/C13H27N3O2/c1-10(11(2)14)12(17)15-9-13(3,4)16-5-7-18-8-6-16/h10-11H,5-9,14H2,1-4H3,(H,15,17). The maximum Gasteiger partial charge on any atom is 0.224 e.